The molecule has 3 heterocycles. The topological polar surface area (TPSA) is 56.8 Å². The summed E-state index contributed by atoms with van der Waals surface area (Å²) in [5.74, 6) is 0.633. The summed E-state index contributed by atoms with van der Waals surface area (Å²) >= 11 is 6.34. The number of piperidine rings is 1. The molecule has 6 heteroatoms. The zero-order valence-electron chi connectivity index (χ0n) is 13.6. The lowest BCUT2D eigenvalue weighted by atomic mass is 10.1. The van der Waals surface area contributed by atoms with Gasteiger partial charge in [0.05, 0.1) is 16.9 Å². The van der Waals surface area contributed by atoms with E-state index in [4.69, 9.17) is 11.6 Å². The second-order valence-electron chi connectivity index (χ2n) is 6.41. The third kappa shape index (κ3) is 3.09. The number of hydrogen-bond donors (Lipinski definition) is 2. The highest BCUT2D eigenvalue weighted by atomic mass is 35.5. The van der Waals surface area contributed by atoms with Crippen molar-refractivity contribution in [2.24, 2.45) is 0 Å². The van der Waals surface area contributed by atoms with Gasteiger partial charge in [-0.2, -0.15) is 0 Å². The molecule has 0 radical (unpaired) electrons. The smallest absolute Gasteiger partial charge is 0.223 e. The Morgan fingerprint density at radius 2 is 2.21 bits per heavy atom. The van der Waals surface area contributed by atoms with Crippen molar-refractivity contribution in [3.63, 3.8) is 0 Å². The number of fused-ring (bicyclic) bond motifs is 1. The van der Waals surface area contributed by atoms with Crippen LogP contribution in [0, 0.1) is 0 Å². The lowest BCUT2D eigenvalue weighted by Crippen LogP contribution is -2.40. The summed E-state index contributed by atoms with van der Waals surface area (Å²) in [4.78, 5) is 14.7. The van der Waals surface area contributed by atoms with Crippen molar-refractivity contribution in [2.75, 3.05) is 25.5 Å². The van der Waals surface area contributed by atoms with Crippen LogP contribution >= 0.6 is 11.6 Å². The second-order valence-corrected chi connectivity index (χ2v) is 6.81. The van der Waals surface area contributed by atoms with Crippen LogP contribution in [0.3, 0.4) is 0 Å². The van der Waals surface area contributed by atoms with Gasteiger partial charge in [-0.25, -0.2) is 9.97 Å². The Balaban J connectivity index is 1.63. The van der Waals surface area contributed by atoms with Crippen LogP contribution in [0.15, 0.2) is 36.5 Å². The third-order valence-corrected chi connectivity index (χ3v) is 4.76. The second kappa shape index (κ2) is 6.42. The SMILES string of the molecule is CN1CCCC(Nc2ncc(Cl)c(-c3cc4ccccc4[nH]3)n2)C1. The van der Waals surface area contributed by atoms with E-state index in [1.165, 1.54) is 6.42 Å². The molecule has 2 N–H and O–H groups in total. The number of rotatable bonds is 3. The number of likely N-dealkylation sites (tertiary alicyclic amines) is 1. The minimum absolute atomic E-state index is 0.375. The molecule has 0 aliphatic carbocycles. The molecule has 1 fully saturated rings. The van der Waals surface area contributed by atoms with E-state index in [-0.39, 0.29) is 0 Å². The number of aromatic amines is 1. The fraction of sp³-hybridized carbons (Fsp3) is 0.333. The predicted molar refractivity (Wildman–Crippen MR) is 98.5 cm³/mol. The van der Waals surface area contributed by atoms with Crippen LogP contribution in [-0.2, 0) is 0 Å². The van der Waals surface area contributed by atoms with Crippen molar-refractivity contribution in [3.05, 3.63) is 41.6 Å². The monoisotopic (exact) mass is 341 g/mol. The molecule has 0 amide bonds. The third-order valence-electron chi connectivity index (χ3n) is 4.49. The first-order chi connectivity index (χ1) is 11.7. The molecule has 1 unspecified atom stereocenters. The Morgan fingerprint density at radius 1 is 1.33 bits per heavy atom. The van der Waals surface area contributed by atoms with Crippen LogP contribution in [0.4, 0.5) is 5.95 Å². The van der Waals surface area contributed by atoms with E-state index < -0.39 is 0 Å². The highest BCUT2D eigenvalue weighted by molar-refractivity contribution is 6.32. The number of H-pyrrole nitrogens is 1. The summed E-state index contributed by atoms with van der Waals surface area (Å²) in [7, 11) is 2.15. The Labute approximate surface area is 146 Å². The molecule has 1 saturated heterocycles. The van der Waals surface area contributed by atoms with E-state index in [0.717, 1.165) is 41.8 Å². The Bertz CT molecular complexity index is 826. The molecule has 0 saturated carbocycles. The van der Waals surface area contributed by atoms with Gasteiger partial charge >= 0.3 is 0 Å². The number of nitrogens with one attached hydrogen (secondary N) is 2. The Kier molecular flexibility index (Phi) is 4.12. The van der Waals surface area contributed by atoms with Gasteiger partial charge in [-0.3, -0.25) is 0 Å². The van der Waals surface area contributed by atoms with Crippen LogP contribution in [0.1, 0.15) is 12.8 Å². The Morgan fingerprint density at radius 3 is 3.04 bits per heavy atom. The first-order valence-electron chi connectivity index (χ1n) is 8.25. The maximum Gasteiger partial charge on any atom is 0.223 e. The lowest BCUT2D eigenvalue weighted by Gasteiger charge is -2.30. The van der Waals surface area contributed by atoms with Gasteiger partial charge in [-0.1, -0.05) is 29.8 Å². The molecule has 24 heavy (non-hydrogen) atoms. The number of benzene rings is 1. The van der Waals surface area contributed by atoms with E-state index in [1.807, 2.05) is 18.2 Å². The van der Waals surface area contributed by atoms with Crippen LogP contribution in [0.5, 0.6) is 0 Å². The van der Waals surface area contributed by atoms with Crippen molar-refractivity contribution in [1.29, 1.82) is 0 Å². The molecule has 1 aliphatic heterocycles. The number of hydrogen-bond acceptors (Lipinski definition) is 4. The number of nitrogens with zero attached hydrogens (tertiary/aromatic N) is 3. The first-order valence-corrected chi connectivity index (χ1v) is 8.62. The van der Waals surface area contributed by atoms with Gasteiger partial charge in [-0.15, -0.1) is 0 Å². The van der Waals surface area contributed by atoms with Crippen molar-refractivity contribution >= 4 is 28.5 Å². The van der Waals surface area contributed by atoms with Crippen molar-refractivity contribution in [3.8, 4) is 11.4 Å². The molecule has 1 aliphatic rings. The van der Waals surface area contributed by atoms with Gasteiger partial charge in [0, 0.05) is 23.5 Å². The highest BCUT2D eigenvalue weighted by Gasteiger charge is 2.18. The largest absolute Gasteiger partial charge is 0.353 e. The van der Waals surface area contributed by atoms with Crippen LogP contribution < -0.4 is 5.32 Å². The van der Waals surface area contributed by atoms with Gasteiger partial charge < -0.3 is 15.2 Å². The number of para-hydroxylation sites is 1. The molecule has 1 aromatic carbocycles. The molecule has 1 atom stereocenters. The van der Waals surface area contributed by atoms with Crippen molar-refractivity contribution in [2.45, 2.75) is 18.9 Å². The number of aromatic nitrogens is 3. The standard InChI is InChI=1S/C18H20ClN5/c1-24-8-4-6-13(11-24)21-18-20-10-14(19)17(23-18)16-9-12-5-2-3-7-15(12)22-16/h2-3,5,7,9-10,13,22H,4,6,8,11H2,1H3,(H,20,21,23). The van der Waals surface area contributed by atoms with E-state index in [1.54, 1.807) is 6.20 Å². The summed E-state index contributed by atoms with van der Waals surface area (Å²) in [5.41, 5.74) is 2.72. The Hall–Kier alpha value is -2.11. The van der Waals surface area contributed by atoms with Gasteiger partial charge in [0.2, 0.25) is 5.95 Å². The molecule has 0 spiro atoms. The first kappa shape index (κ1) is 15.4. The summed E-state index contributed by atoms with van der Waals surface area (Å²) in [6.45, 7) is 2.16. The highest BCUT2D eigenvalue weighted by Crippen LogP contribution is 2.28. The van der Waals surface area contributed by atoms with Crippen LogP contribution in [0.2, 0.25) is 5.02 Å². The average molecular weight is 342 g/mol. The molecule has 0 bridgehead atoms. The zero-order valence-corrected chi connectivity index (χ0v) is 14.3. The summed E-state index contributed by atoms with van der Waals surface area (Å²) in [6.07, 6.45) is 4.00. The number of likely N-dealkylation sites (N-methyl/N-ethyl adjacent to an activating group) is 1. The maximum atomic E-state index is 6.34. The van der Waals surface area contributed by atoms with Gasteiger partial charge in [0.25, 0.3) is 0 Å². The van der Waals surface area contributed by atoms with Gasteiger partial charge in [0.15, 0.2) is 0 Å². The van der Waals surface area contributed by atoms with Gasteiger partial charge in [-0.05, 0) is 38.6 Å². The van der Waals surface area contributed by atoms with E-state index >= 15 is 0 Å². The predicted octanol–water partition coefficient (Wildman–Crippen LogP) is 3.78. The van der Waals surface area contributed by atoms with E-state index in [2.05, 4.69) is 44.3 Å². The summed E-state index contributed by atoms with van der Waals surface area (Å²) in [5, 5.41) is 5.14. The molecule has 2 aromatic heterocycles. The summed E-state index contributed by atoms with van der Waals surface area (Å²) < 4.78 is 0. The molecule has 4 rings (SSSR count). The average Bonchev–Trinajstić information content (AvgIpc) is 3.00. The van der Waals surface area contributed by atoms with Crippen molar-refractivity contribution in [1.82, 2.24) is 19.9 Å². The van der Waals surface area contributed by atoms with Crippen molar-refractivity contribution < 1.29 is 0 Å². The van der Waals surface area contributed by atoms with E-state index in [0.29, 0.717) is 17.0 Å². The number of halogens is 1. The minimum Gasteiger partial charge on any atom is -0.353 e. The molecule has 124 valence electrons. The zero-order chi connectivity index (χ0) is 16.5. The fourth-order valence-corrected chi connectivity index (χ4v) is 3.49. The molecule has 3 aromatic rings. The molecule has 5 nitrogen and oxygen atoms in total. The van der Waals surface area contributed by atoms with Gasteiger partial charge in [0.1, 0.15) is 5.69 Å². The normalized spacial score (nSPS) is 18.8. The lowest BCUT2D eigenvalue weighted by molar-refractivity contribution is 0.260. The minimum atomic E-state index is 0.375. The molecular formula is C18H20ClN5. The van der Waals surface area contributed by atoms with Crippen LogP contribution in [0.25, 0.3) is 22.3 Å². The van der Waals surface area contributed by atoms with Crippen LogP contribution in [-0.4, -0.2) is 46.0 Å². The summed E-state index contributed by atoms with van der Waals surface area (Å²) in [6, 6.07) is 10.6. The van der Waals surface area contributed by atoms with E-state index in [9.17, 15) is 0 Å². The fourth-order valence-electron chi connectivity index (χ4n) is 3.29. The quantitative estimate of drug-likeness (QED) is 0.761. The molecular weight excluding hydrogens is 322 g/mol. The number of anilines is 1. The maximum absolute atomic E-state index is 6.34.